The van der Waals surface area contributed by atoms with E-state index in [2.05, 4.69) is 37.9 Å². The van der Waals surface area contributed by atoms with Crippen molar-refractivity contribution in [1.29, 1.82) is 0 Å². The average molecular weight is 305 g/mol. The van der Waals surface area contributed by atoms with Crippen LogP contribution < -0.4 is 5.32 Å². The molecule has 3 unspecified atom stereocenters. The summed E-state index contributed by atoms with van der Waals surface area (Å²) in [4.78, 5) is 2.40. The van der Waals surface area contributed by atoms with Crippen molar-refractivity contribution in [2.24, 2.45) is 5.92 Å². The Morgan fingerprint density at radius 2 is 2.00 bits per heavy atom. The second kappa shape index (κ2) is 7.23. The molecule has 0 aromatic carbocycles. The zero-order valence-electron chi connectivity index (χ0n) is 13.8. The first-order valence-corrected chi connectivity index (χ1v) is 9.78. The molecule has 1 heterocycles. The van der Waals surface area contributed by atoms with Crippen molar-refractivity contribution < 1.29 is 8.42 Å². The summed E-state index contributed by atoms with van der Waals surface area (Å²) >= 11 is 0. The van der Waals surface area contributed by atoms with Gasteiger partial charge in [0.25, 0.3) is 0 Å². The number of hydrogen-bond acceptors (Lipinski definition) is 4. The number of rotatable bonds is 7. The van der Waals surface area contributed by atoms with Crippen LogP contribution in [-0.4, -0.2) is 56.0 Å². The molecule has 0 saturated carbocycles. The Labute approximate surface area is 125 Å². The molecule has 1 rings (SSSR count). The lowest BCUT2D eigenvalue weighted by molar-refractivity contribution is 0.0603. The summed E-state index contributed by atoms with van der Waals surface area (Å²) in [5, 5.41) is 3.66. The molecule has 1 aliphatic heterocycles. The molecule has 0 aromatic heterocycles. The van der Waals surface area contributed by atoms with Gasteiger partial charge in [-0.1, -0.05) is 34.1 Å². The Hall–Kier alpha value is -0.130. The van der Waals surface area contributed by atoms with Crippen molar-refractivity contribution in [2.75, 3.05) is 31.1 Å². The van der Waals surface area contributed by atoms with Crippen LogP contribution in [0.3, 0.4) is 0 Å². The highest BCUT2D eigenvalue weighted by Gasteiger charge is 2.36. The topological polar surface area (TPSA) is 49.4 Å². The molecule has 120 valence electrons. The summed E-state index contributed by atoms with van der Waals surface area (Å²) in [6, 6.07) is 0.451. The van der Waals surface area contributed by atoms with Gasteiger partial charge in [-0.2, -0.15) is 0 Å². The van der Waals surface area contributed by atoms with Gasteiger partial charge in [0.05, 0.1) is 5.75 Å². The summed E-state index contributed by atoms with van der Waals surface area (Å²) in [7, 11) is -2.88. The van der Waals surface area contributed by atoms with Gasteiger partial charge in [0.2, 0.25) is 0 Å². The van der Waals surface area contributed by atoms with E-state index < -0.39 is 9.84 Å². The molecule has 1 N–H and O–H groups in total. The molecule has 1 fully saturated rings. The lowest BCUT2D eigenvalue weighted by atomic mass is 9.88. The summed E-state index contributed by atoms with van der Waals surface area (Å²) < 4.78 is 23.6. The van der Waals surface area contributed by atoms with Crippen LogP contribution in [0.1, 0.15) is 47.5 Å². The van der Waals surface area contributed by atoms with Crippen LogP contribution in [0.5, 0.6) is 0 Å². The van der Waals surface area contributed by atoms with E-state index in [1.54, 1.807) is 6.92 Å². The number of piperazine rings is 1. The van der Waals surface area contributed by atoms with Gasteiger partial charge in [-0.25, -0.2) is 8.42 Å². The van der Waals surface area contributed by atoms with Gasteiger partial charge in [-0.05, 0) is 19.3 Å². The highest BCUT2D eigenvalue weighted by atomic mass is 32.2. The third kappa shape index (κ3) is 4.71. The van der Waals surface area contributed by atoms with Crippen molar-refractivity contribution in [3.05, 3.63) is 0 Å². The monoisotopic (exact) mass is 304 g/mol. The van der Waals surface area contributed by atoms with E-state index in [9.17, 15) is 8.42 Å². The molecule has 0 aliphatic carbocycles. The quantitative estimate of drug-likeness (QED) is 0.780. The third-order valence-electron chi connectivity index (χ3n) is 4.97. The van der Waals surface area contributed by atoms with Crippen molar-refractivity contribution in [1.82, 2.24) is 10.2 Å². The van der Waals surface area contributed by atoms with Crippen LogP contribution in [0.2, 0.25) is 0 Å². The number of nitrogens with zero attached hydrogens (tertiary/aromatic N) is 1. The number of sulfone groups is 1. The summed E-state index contributed by atoms with van der Waals surface area (Å²) in [5.74, 6) is 1.13. The summed E-state index contributed by atoms with van der Waals surface area (Å²) in [5.41, 5.74) is 0.111. The molecule has 5 heteroatoms. The van der Waals surface area contributed by atoms with Gasteiger partial charge in [-0.3, -0.25) is 4.90 Å². The molecule has 20 heavy (non-hydrogen) atoms. The second-order valence-electron chi connectivity index (χ2n) is 6.45. The van der Waals surface area contributed by atoms with E-state index >= 15 is 0 Å². The van der Waals surface area contributed by atoms with Gasteiger partial charge < -0.3 is 5.32 Å². The van der Waals surface area contributed by atoms with Gasteiger partial charge in [0, 0.05) is 37.0 Å². The summed E-state index contributed by atoms with van der Waals surface area (Å²) in [6.45, 7) is 13.2. The fourth-order valence-corrected chi connectivity index (χ4v) is 3.62. The molecule has 0 amide bonds. The molecule has 1 saturated heterocycles. The fourth-order valence-electron chi connectivity index (χ4n) is 2.82. The third-order valence-corrected chi connectivity index (χ3v) is 6.65. The Kier molecular flexibility index (Phi) is 6.48. The van der Waals surface area contributed by atoms with E-state index in [-0.39, 0.29) is 17.0 Å². The molecular weight excluding hydrogens is 272 g/mol. The van der Waals surface area contributed by atoms with Crippen molar-refractivity contribution in [3.63, 3.8) is 0 Å². The second-order valence-corrected chi connectivity index (χ2v) is 8.93. The van der Waals surface area contributed by atoms with Gasteiger partial charge in [0.15, 0.2) is 9.84 Å². The number of hydrogen-bond donors (Lipinski definition) is 1. The van der Waals surface area contributed by atoms with Gasteiger partial charge >= 0.3 is 0 Å². The predicted octanol–water partition coefficient (Wildman–Crippen LogP) is 1.91. The summed E-state index contributed by atoms with van der Waals surface area (Å²) in [6.07, 6.45) is 2.20. The first-order chi connectivity index (χ1) is 9.27. The minimum absolute atomic E-state index is 0.111. The molecular formula is C15H32N2O2S. The largest absolute Gasteiger partial charge is 0.309 e. The molecule has 1 aliphatic rings. The van der Waals surface area contributed by atoms with E-state index in [1.807, 2.05) is 0 Å². The predicted molar refractivity (Wildman–Crippen MR) is 85.8 cm³/mol. The van der Waals surface area contributed by atoms with Crippen molar-refractivity contribution in [2.45, 2.75) is 59.0 Å². The Bertz CT molecular complexity index is 397. The van der Waals surface area contributed by atoms with Crippen LogP contribution >= 0.6 is 0 Å². The number of nitrogens with one attached hydrogen (secondary N) is 1. The van der Waals surface area contributed by atoms with Gasteiger partial charge in [0.1, 0.15) is 0 Å². The molecule has 0 aromatic rings. The lowest BCUT2D eigenvalue weighted by Gasteiger charge is -2.48. The van der Waals surface area contributed by atoms with Crippen LogP contribution in [-0.2, 0) is 9.84 Å². The first-order valence-electron chi connectivity index (χ1n) is 7.96. The van der Waals surface area contributed by atoms with Crippen LogP contribution in [0.4, 0.5) is 0 Å². The molecule has 0 bridgehead atoms. The first kappa shape index (κ1) is 17.9. The normalized spacial score (nSPS) is 30.4. The van der Waals surface area contributed by atoms with Gasteiger partial charge in [-0.15, -0.1) is 0 Å². The smallest absolute Gasteiger partial charge is 0.151 e. The van der Waals surface area contributed by atoms with Crippen LogP contribution in [0, 0.1) is 5.92 Å². The maximum absolute atomic E-state index is 11.8. The van der Waals surface area contributed by atoms with Crippen LogP contribution in [0.25, 0.3) is 0 Å². The van der Waals surface area contributed by atoms with Crippen LogP contribution in [0.15, 0.2) is 0 Å². The van der Waals surface area contributed by atoms with E-state index in [4.69, 9.17) is 0 Å². The Balaban J connectivity index is 2.77. The maximum Gasteiger partial charge on any atom is 0.151 e. The minimum Gasteiger partial charge on any atom is -0.309 e. The molecule has 4 nitrogen and oxygen atoms in total. The highest BCUT2D eigenvalue weighted by molar-refractivity contribution is 7.91. The zero-order valence-corrected chi connectivity index (χ0v) is 14.6. The Morgan fingerprint density at radius 1 is 1.35 bits per heavy atom. The Morgan fingerprint density at radius 3 is 2.50 bits per heavy atom. The standard InChI is InChI=1S/C15H32N2O2S/c1-6-13(4)14-11-16-15(5,7-2)12-17(14)9-10-20(18,19)8-3/h13-14,16H,6-12H2,1-5H3. The molecule has 0 spiro atoms. The maximum atomic E-state index is 11.8. The minimum atomic E-state index is -2.88. The van der Waals surface area contributed by atoms with E-state index in [1.165, 1.54) is 0 Å². The average Bonchev–Trinajstić information content (AvgIpc) is 2.44. The highest BCUT2D eigenvalue weighted by Crippen LogP contribution is 2.24. The zero-order chi connectivity index (χ0) is 15.4. The lowest BCUT2D eigenvalue weighted by Crippen LogP contribution is -2.64. The van der Waals surface area contributed by atoms with Crippen molar-refractivity contribution in [3.8, 4) is 0 Å². The van der Waals surface area contributed by atoms with E-state index in [0.717, 1.165) is 25.9 Å². The molecule has 3 atom stereocenters. The van der Waals surface area contributed by atoms with Crippen molar-refractivity contribution >= 4 is 9.84 Å². The fraction of sp³-hybridized carbons (Fsp3) is 1.00. The molecule has 0 radical (unpaired) electrons. The SMILES string of the molecule is CCC(C)C1CNC(C)(CC)CN1CCS(=O)(=O)CC. The van der Waals surface area contributed by atoms with E-state index in [0.29, 0.717) is 18.5 Å².